The van der Waals surface area contributed by atoms with Gasteiger partial charge in [-0.05, 0) is 58.7 Å². The van der Waals surface area contributed by atoms with E-state index in [1.165, 1.54) is 12.1 Å². The Morgan fingerprint density at radius 3 is 2.46 bits per heavy atom. The van der Waals surface area contributed by atoms with E-state index < -0.39 is 11.7 Å². The monoisotopic (exact) mass is 455 g/mol. The van der Waals surface area contributed by atoms with Crippen LogP contribution in [-0.4, -0.2) is 43.5 Å². The lowest BCUT2D eigenvalue weighted by molar-refractivity contribution is -0.137. The number of aryl methyl sites for hydroxylation is 1. The number of benzene rings is 2. The van der Waals surface area contributed by atoms with Crippen LogP contribution in [0.15, 0.2) is 46.9 Å². The van der Waals surface area contributed by atoms with E-state index in [4.69, 9.17) is 0 Å². The molecule has 2 aromatic carbocycles. The number of halogens is 4. The summed E-state index contributed by atoms with van der Waals surface area (Å²) in [6.07, 6.45) is -4.35. The molecular weight excluding hydrogens is 435 g/mol. The number of carbonyl (C=O) groups is 1. The van der Waals surface area contributed by atoms with Crippen molar-refractivity contribution in [1.29, 1.82) is 0 Å². The lowest BCUT2D eigenvalue weighted by atomic mass is 10.1. The molecule has 1 saturated heterocycles. The molecule has 1 fully saturated rings. The van der Waals surface area contributed by atoms with Gasteiger partial charge in [-0.1, -0.05) is 12.1 Å². The number of anilines is 2. The number of alkyl halides is 3. The molecule has 0 aromatic heterocycles. The minimum Gasteiger partial charge on any atom is -0.369 e. The summed E-state index contributed by atoms with van der Waals surface area (Å²) in [5, 5.41) is 2.89. The normalized spacial score (nSPS) is 15.5. The van der Waals surface area contributed by atoms with Gasteiger partial charge in [-0.3, -0.25) is 9.69 Å². The second kappa shape index (κ2) is 8.53. The second-order valence-electron chi connectivity index (χ2n) is 6.84. The standard InChI is InChI=1S/C20H21BrF3N3O/c1-14-5-6-18(17(21)11-14)25-19(28)13-26-7-9-27(10-8-26)16-4-2-3-15(12-16)20(22,23)24/h2-6,11-12H,7-10,13H2,1H3,(H,25,28). The number of carbonyl (C=O) groups excluding carboxylic acids is 1. The molecule has 0 radical (unpaired) electrons. The molecule has 1 aliphatic rings. The average Bonchev–Trinajstić information content (AvgIpc) is 2.64. The van der Waals surface area contributed by atoms with Gasteiger partial charge < -0.3 is 10.2 Å². The molecule has 0 atom stereocenters. The van der Waals surface area contributed by atoms with Crippen LogP contribution >= 0.6 is 15.9 Å². The summed E-state index contributed by atoms with van der Waals surface area (Å²) >= 11 is 3.44. The fraction of sp³-hybridized carbons (Fsp3) is 0.350. The number of hydrogen-bond acceptors (Lipinski definition) is 3. The van der Waals surface area contributed by atoms with Crippen LogP contribution in [0.5, 0.6) is 0 Å². The van der Waals surface area contributed by atoms with Crippen molar-refractivity contribution in [3.05, 3.63) is 58.1 Å². The fourth-order valence-corrected chi connectivity index (χ4v) is 3.75. The number of nitrogens with zero attached hydrogens (tertiary/aromatic N) is 2. The molecule has 4 nitrogen and oxygen atoms in total. The summed E-state index contributed by atoms with van der Waals surface area (Å²) < 4.78 is 39.5. The maximum atomic E-state index is 12.9. The zero-order chi connectivity index (χ0) is 20.3. The number of rotatable bonds is 4. The molecule has 28 heavy (non-hydrogen) atoms. The van der Waals surface area contributed by atoms with Gasteiger partial charge in [0.2, 0.25) is 5.91 Å². The Bertz CT molecular complexity index is 849. The zero-order valence-corrected chi connectivity index (χ0v) is 17.0. The molecular formula is C20H21BrF3N3O. The molecule has 1 amide bonds. The first-order chi connectivity index (χ1) is 13.2. The molecule has 1 heterocycles. The Morgan fingerprint density at radius 1 is 1.11 bits per heavy atom. The van der Waals surface area contributed by atoms with Gasteiger partial charge >= 0.3 is 6.18 Å². The van der Waals surface area contributed by atoms with Crippen molar-refractivity contribution >= 4 is 33.2 Å². The van der Waals surface area contributed by atoms with Crippen LogP contribution in [0.2, 0.25) is 0 Å². The molecule has 2 aromatic rings. The molecule has 1 N–H and O–H groups in total. The van der Waals surface area contributed by atoms with Crippen LogP contribution in [0.4, 0.5) is 24.5 Å². The molecule has 8 heteroatoms. The molecule has 1 aliphatic heterocycles. The average molecular weight is 456 g/mol. The lowest BCUT2D eigenvalue weighted by Crippen LogP contribution is -2.48. The van der Waals surface area contributed by atoms with Crippen molar-refractivity contribution in [2.75, 3.05) is 42.9 Å². The molecule has 0 aliphatic carbocycles. The van der Waals surface area contributed by atoms with E-state index in [2.05, 4.69) is 21.2 Å². The lowest BCUT2D eigenvalue weighted by Gasteiger charge is -2.36. The predicted molar refractivity (Wildman–Crippen MR) is 108 cm³/mol. The summed E-state index contributed by atoms with van der Waals surface area (Å²) in [4.78, 5) is 16.2. The Balaban J connectivity index is 1.53. The zero-order valence-electron chi connectivity index (χ0n) is 15.4. The molecule has 0 unspecified atom stereocenters. The van der Waals surface area contributed by atoms with Gasteiger partial charge in [0.05, 0.1) is 17.8 Å². The smallest absolute Gasteiger partial charge is 0.369 e. The molecule has 0 saturated carbocycles. The predicted octanol–water partition coefficient (Wildman–Crippen LogP) is 4.54. The minimum absolute atomic E-state index is 0.114. The summed E-state index contributed by atoms with van der Waals surface area (Å²) in [6, 6.07) is 11.1. The first-order valence-corrected chi connectivity index (χ1v) is 9.72. The van der Waals surface area contributed by atoms with E-state index in [1.54, 1.807) is 6.07 Å². The van der Waals surface area contributed by atoms with Crippen LogP contribution in [0.25, 0.3) is 0 Å². The van der Waals surface area contributed by atoms with Gasteiger partial charge in [0.1, 0.15) is 0 Å². The van der Waals surface area contributed by atoms with E-state index in [0.717, 1.165) is 21.8 Å². The topological polar surface area (TPSA) is 35.6 Å². The molecule has 0 spiro atoms. The molecule has 150 valence electrons. The van der Waals surface area contributed by atoms with Gasteiger partial charge in [0.15, 0.2) is 0 Å². The quantitative estimate of drug-likeness (QED) is 0.734. The van der Waals surface area contributed by atoms with E-state index in [-0.39, 0.29) is 12.5 Å². The molecule has 3 rings (SSSR count). The van der Waals surface area contributed by atoms with Gasteiger partial charge in [-0.2, -0.15) is 13.2 Å². The Hall–Kier alpha value is -2.06. The van der Waals surface area contributed by atoms with Crippen molar-refractivity contribution in [1.82, 2.24) is 4.90 Å². The van der Waals surface area contributed by atoms with Crippen molar-refractivity contribution < 1.29 is 18.0 Å². The Kier molecular flexibility index (Phi) is 6.30. The summed E-state index contributed by atoms with van der Waals surface area (Å²) in [5.41, 5.74) is 1.73. The van der Waals surface area contributed by atoms with Crippen molar-refractivity contribution in [3.63, 3.8) is 0 Å². The number of hydrogen-bond donors (Lipinski definition) is 1. The Morgan fingerprint density at radius 2 is 1.82 bits per heavy atom. The van der Waals surface area contributed by atoms with Crippen LogP contribution in [-0.2, 0) is 11.0 Å². The number of nitrogens with one attached hydrogen (secondary N) is 1. The van der Waals surface area contributed by atoms with E-state index in [1.807, 2.05) is 34.9 Å². The highest BCUT2D eigenvalue weighted by atomic mass is 79.9. The second-order valence-corrected chi connectivity index (χ2v) is 7.70. The summed E-state index contributed by atoms with van der Waals surface area (Å²) in [5.74, 6) is -0.114. The van der Waals surface area contributed by atoms with E-state index >= 15 is 0 Å². The maximum absolute atomic E-state index is 12.9. The summed E-state index contributed by atoms with van der Waals surface area (Å²) in [7, 11) is 0. The first kappa shape index (κ1) is 20.7. The molecule has 0 bridgehead atoms. The van der Waals surface area contributed by atoms with Crippen LogP contribution in [0.1, 0.15) is 11.1 Å². The third-order valence-corrected chi connectivity index (χ3v) is 5.33. The highest BCUT2D eigenvalue weighted by molar-refractivity contribution is 9.10. The SMILES string of the molecule is Cc1ccc(NC(=O)CN2CCN(c3cccc(C(F)(F)F)c3)CC2)c(Br)c1. The van der Waals surface area contributed by atoms with Crippen molar-refractivity contribution in [3.8, 4) is 0 Å². The maximum Gasteiger partial charge on any atom is 0.416 e. The van der Waals surface area contributed by atoms with Crippen LogP contribution < -0.4 is 10.2 Å². The van der Waals surface area contributed by atoms with Crippen LogP contribution in [0.3, 0.4) is 0 Å². The van der Waals surface area contributed by atoms with E-state index in [0.29, 0.717) is 31.9 Å². The third-order valence-electron chi connectivity index (χ3n) is 4.68. The Labute approximate surface area is 170 Å². The largest absolute Gasteiger partial charge is 0.416 e. The fourth-order valence-electron chi connectivity index (χ4n) is 3.16. The van der Waals surface area contributed by atoms with E-state index in [9.17, 15) is 18.0 Å². The highest BCUT2D eigenvalue weighted by Gasteiger charge is 2.31. The van der Waals surface area contributed by atoms with Gasteiger partial charge in [0.25, 0.3) is 0 Å². The van der Waals surface area contributed by atoms with Crippen LogP contribution in [0, 0.1) is 6.92 Å². The van der Waals surface area contributed by atoms with Gasteiger partial charge in [-0.15, -0.1) is 0 Å². The summed E-state index contributed by atoms with van der Waals surface area (Å²) in [6.45, 7) is 4.58. The number of amides is 1. The minimum atomic E-state index is -4.35. The number of piperazine rings is 1. The highest BCUT2D eigenvalue weighted by Crippen LogP contribution is 2.32. The first-order valence-electron chi connectivity index (χ1n) is 8.93. The van der Waals surface area contributed by atoms with Gasteiger partial charge in [-0.25, -0.2) is 0 Å². The van der Waals surface area contributed by atoms with Crippen molar-refractivity contribution in [2.24, 2.45) is 0 Å². The third kappa shape index (κ3) is 5.26. The van der Waals surface area contributed by atoms with Crippen molar-refractivity contribution in [2.45, 2.75) is 13.1 Å². The van der Waals surface area contributed by atoms with Gasteiger partial charge in [0, 0.05) is 36.3 Å².